The highest BCUT2D eigenvalue weighted by Gasteiger charge is 2.34. The Hall–Kier alpha value is -2.92. The number of aliphatic hydroxyl groups is 3. The van der Waals surface area contributed by atoms with Gasteiger partial charge in [0.1, 0.15) is 11.6 Å². The van der Waals surface area contributed by atoms with Gasteiger partial charge in [-0.3, -0.25) is 4.98 Å². The number of nitrogens with zero attached hydrogens (tertiary/aromatic N) is 2. The van der Waals surface area contributed by atoms with Crippen LogP contribution in [0.2, 0.25) is 0 Å². The summed E-state index contributed by atoms with van der Waals surface area (Å²) in [4.78, 5) is 6.53. The number of ether oxygens (including phenoxy) is 1. The van der Waals surface area contributed by atoms with E-state index in [0.717, 1.165) is 11.5 Å². The summed E-state index contributed by atoms with van der Waals surface area (Å²) in [7, 11) is 1.56. The van der Waals surface area contributed by atoms with Crippen molar-refractivity contribution in [3.05, 3.63) is 65.1 Å². The lowest BCUT2D eigenvalue weighted by Crippen LogP contribution is -2.43. The maximum Gasteiger partial charge on any atom is 0.182 e. The van der Waals surface area contributed by atoms with Crippen molar-refractivity contribution >= 4 is 16.6 Å². The molecular formula is C28H34F3N3O4. The van der Waals surface area contributed by atoms with Crippen molar-refractivity contribution in [1.82, 2.24) is 9.88 Å². The van der Waals surface area contributed by atoms with Crippen LogP contribution in [0, 0.1) is 22.9 Å². The molecule has 1 fully saturated rings. The van der Waals surface area contributed by atoms with Gasteiger partial charge in [-0.2, -0.15) is 0 Å². The van der Waals surface area contributed by atoms with Gasteiger partial charge in [0.15, 0.2) is 11.6 Å². The number of methoxy groups -OCH3 is 1. The van der Waals surface area contributed by atoms with Crippen molar-refractivity contribution in [3.8, 4) is 5.75 Å². The average molecular weight is 534 g/mol. The van der Waals surface area contributed by atoms with Gasteiger partial charge >= 0.3 is 0 Å². The molecule has 1 saturated heterocycles. The Balaban J connectivity index is 1.35. The van der Waals surface area contributed by atoms with E-state index in [0.29, 0.717) is 80.3 Å². The second-order valence-electron chi connectivity index (χ2n) is 9.97. The number of anilines is 1. The summed E-state index contributed by atoms with van der Waals surface area (Å²) in [6.45, 7) is 1.97. The van der Waals surface area contributed by atoms with E-state index in [1.54, 1.807) is 25.4 Å². The molecule has 1 aliphatic heterocycles. The molecule has 4 N–H and O–H groups in total. The third-order valence-corrected chi connectivity index (χ3v) is 7.64. The van der Waals surface area contributed by atoms with Crippen LogP contribution in [0.4, 0.5) is 18.9 Å². The molecule has 1 atom stereocenters. The summed E-state index contributed by atoms with van der Waals surface area (Å²) >= 11 is 0. The molecule has 206 valence electrons. The number of likely N-dealkylation sites (tertiary alicyclic amines) is 1. The second-order valence-corrected chi connectivity index (χ2v) is 9.97. The van der Waals surface area contributed by atoms with Crippen LogP contribution >= 0.6 is 0 Å². The third-order valence-electron chi connectivity index (χ3n) is 7.64. The average Bonchev–Trinajstić information content (AvgIpc) is 2.94. The van der Waals surface area contributed by atoms with Crippen LogP contribution in [-0.4, -0.2) is 65.1 Å². The predicted molar refractivity (Wildman–Crippen MR) is 138 cm³/mol. The number of hydrogen-bond donors (Lipinski definition) is 4. The van der Waals surface area contributed by atoms with Crippen LogP contribution in [0.1, 0.15) is 42.9 Å². The van der Waals surface area contributed by atoms with Crippen molar-refractivity contribution < 1.29 is 33.2 Å². The van der Waals surface area contributed by atoms with Crippen molar-refractivity contribution in [1.29, 1.82) is 0 Å². The lowest BCUT2D eigenvalue weighted by atomic mass is 9.74. The molecule has 1 aromatic heterocycles. The number of aliphatic hydroxyl groups excluding tert-OH is 3. The summed E-state index contributed by atoms with van der Waals surface area (Å²) in [5.41, 5.74) is 1.29. The minimum atomic E-state index is -1.23. The van der Waals surface area contributed by atoms with Crippen molar-refractivity contribution in [2.24, 2.45) is 5.41 Å². The van der Waals surface area contributed by atoms with E-state index in [1.807, 2.05) is 6.07 Å². The van der Waals surface area contributed by atoms with Gasteiger partial charge in [0.2, 0.25) is 0 Å². The van der Waals surface area contributed by atoms with E-state index >= 15 is 0 Å². The summed E-state index contributed by atoms with van der Waals surface area (Å²) in [5, 5.41) is 34.8. The topological polar surface area (TPSA) is 98.1 Å². The van der Waals surface area contributed by atoms with Crippen LogP contribution in [0.3, 0.4) is 0 Å². The van der Waals surface area contributed by atoms with Gasteiger partial charge in [0.25, 0.3) is 0 Å². The minimum Gasteiger partial charge on any atom is -0.497 e. The van der Waals surface area contributed by atoms with Crippen LogP contribution in [0.5, 0.6) is 5.75 Å². The van der Waals surface area contributed by atoms with Crippen LogP contribution in [0.25, 0.3) is 10.9 Å². The lowest BCUT2D eigenvalue weighted by Gasteiger charge is -2.41. The number of piperidine rings is 1. The normalized spacial score (nSPS) is 16.5. The largest absolute Gasteiger partial charge is 0.497 e. The molecular weight excluding hydrogens is 499 g/mol. The molecule has 0 bridgehead atoms. The zero-order chi connectivity index (χ0) is 27.3. The lowest BCUT2D eigenvalue weighted by molar-refractivity contribution is 0.0246. The molecule has 0 aliphatic carbocycles. The van der Waals surface area contributed by atoms with Gasteiger partial charge < -0.3 is 30.3 Å². The summed E-state index contributed by atoms with van der Waals surface area (Å²) < 4.78 is 46.0. The number of fused-ring (bicyclic) bond motifs is 1. The molecule has 1 aliphatic rings. The SMILES string of the molecule is COc1ccc2ncc(CO)c([C@@H](O)CCC3(CO)CCN(CCNc4cc(F)cc(F)c4F)CC3)c2c1. The van der Waals surface area contributed by atoms with E-state index in [-0.39, 0.29) is 24.3 Å². The molecule has 0 unspecified atom stereocenters. The fourth-order valence-corrected chi connectivity index (χ4v) is 5.24. The first kappa shape index (κ1) is 28.1. The van der Waals surface area contributed by atoms with Gasteiger partial charge in [0, 0.05) is 49.0 Å². The predicted octanol–water partition coefficient (Wildman–Crippen LogP) is 4.15. The molecule has 38 heavy (non-hydrogen) atoms. The maximum atomic E-state index is 13.8. The summed E-state index contributed by atoms with van der Waals surface area (Å²) in [5.74, 6) is -2.55. The van der Waals surface area contributed by atoms with Gasteiger partial charge in [-0.15, -0.1) is 0 Å². The molecule has 10 heteroatoms. The Morgan fingerprint density at radius 3 is 2.58 bits per heavy atom. The number of aromatic nitrogens is 1. The number of halogens is 3. The van der Waals surface area contributed by atoms with E-state index < -0.39 is 23.6 Å². The number of hydrogen-bond acceptors (Lipinski definition) is 7. The first-order valence-corrected chi connectivity index (χ1v) is 12.8. The van der Waals surface area contributed by atoms with Gasteiger partial charge in [0.05, 0.1) is 31.0 Å². The fraction of sp³-hybridized carbons (Fsp3) is 0.464. The minimum absolute atomic E-state index is 0.0165. The number of nitrogens with one attached hydrogen (secondary N) is 1. The Morgan fingerprint density at radius 1 is 1.13 bits per heavy atom. The molecule has 2 heterocycles. The Morgan fingerprint density at radius 2 is 1.89 bits per heavy atom. The number of pyridine rings is 1. The quantitative estimate of drug-likeness (QED) is 0.275. The Kier molecular flexibility index (Phi) is 9.09. The highest BCUT2D eigenvalue weighted by atomic mass is 19.2. The van der Waals surface area contributed by atoms with Crippen LogP contribution in [-0.2, 0) is 6.61 Å². The number of rotatable bonds is 11. The summed E-state index contributed by atoms with van der Waals surface area (Å²) in [6, 6.07) is 6.85. The van der Waals surface area contributed by atoms with Crippen molar-refractivity contribution in [2.45, 2.75) is 38.4 Å². The number of benzene rings is 2. The van der Waals surface area contributed by atoms with Gasteiger partial charge in [-0.1, -0.05) is 0 Å². The molecule has 4 rings (SSSR count). The zero-order valence-corrected chi connectivity index (χ0v) is 21.4. The zero-order valence-electron chi connectivity index (χ0n) is 21.4. The molecule has 7 nitrogen and oxygen atoms in total. The molecule has 3 aromatic rings. The highest BCUT2D eigenvalue weighted by Crippen LogP contribution is 2.39. The summed E-state index contributed by atoms with van der Waals surface area (Å²) in [6.07, 6.45) is 3.11. The molecule has 0 saturated carbocycles. The van der Waals surface area contributed by atoms with Crippen LogP contribution in [0.15, 0.2) is 36.5 Å². The van der Waals surface area contributed by atoms with Gasteiger partial charge in [-0.25, -0.2) is 13.2 Å². The van der Waals surface area contributed by atoms with E-state index in [9.17, 15) is 28.5 Å². The third kappa shape index (κ3) is 6.20. The van der Waals surface area contributed by atoms with E-state index in [4.69, 9.17) is 4.74 Å². The smallest absolute Gasteiger partial charge is 0.182 e. The molecule has 0 radical (unpaired) electrons. The Bertz CT molecular complexity index is 1250. The highest BCUT2D eigenvalue weighted by molar-refractivity contribution is 5.85. The second kappa shape index (κ2) is 12.3. The molecule has 2 aromatic carbocycles. The Labute approximate surface area is 219 Å². The fourth-order valence-electron chi connectivity index (χ4n) is 5.24. The first-order valence-electron chi connectivity index (χ1n) is 12.8. The first-order chi connectivity index (χ1) is 18.3. The molecule has 0 amide bonds. The standard InChI is InChI=1S/C28H34F3N3O4/c1-38-20-2-3-23-21(14-20)26(18(16-35)15-33-23)25(37)4-5-28(17-36)6-9-34(10-7-28)11-8-32-24-13-19(29)12-22(30)27(24)31/h2-3,12-15,25,32,35-37H,4-11,16-17H2,1H3/t25-/m0/s1. The van der Waals surface area contributed by atoms with E-state index in [1.165, 1.54) is 0 Å². The monoisotopic (exact) mass is 533 g/mol. The van der Waals surface area contributed by atoms with E-state index in [2.05, 4.69) is 15.2 Å². The maximum absolute atomic E-state index is 13.8. The van der Waals surface area contributed by atoms with Gasteiger partial charge in [-0.05, 0) is 68.0 Å². The van der Waals surface area contributed by atoms with Crippen molar-refractivity contribution in [2.75, 3.05) is 45.2 Å². The van der Waals surface area contributed by atoms with Crippen molar-refractivity contribution in [3.63, 3.8) is 0 Å². The van der Waals surface area contributed by atoms with Crippen LogP contribution < -0.4 is 10.1 Å². The molecule has 0 spiro atoms.